The number of hydrogen-bond donors (Lipinski definition) is 0. The molecule has 88 valence electrons. The molecule has 0 aliphatic heterocycles. The zero-order chi connectivity index (χ0) is 12.4. The molecule has 0 N–H and O–H groups in total. The smallest absolute Gasteiger partial charge is 0.299 e. The Kier molecular flexibility index (Phi) is 2.91. The number of aromatic nitrogens is 1. The molecule has 0 radical (unpaired) electrons. The summed E-state index contributed by atoms with van der Waals surface area (Å²) >= 11 is 0. The Hall–Kier alpha value is -2.17. The topological polar surface area (TPSA) is 65.3 Å². The van der Waals surface area contributed by atoms with Crippen molar-refractivity contribution in [1.82, 2.24) is 4.98 Å². The van der Waals surface area contributed by atoms with E-state index in [-0.39, 0.29) is 5.69 Å². The monoisotopic (exact) mass is 232 g/mol. The minimum Gasteiger partial charge on any atom is -0.496 e. The van der Waals surface area contributed by atoms with Crippen LogP contribution < -0.4 is 4.74 Å². The Balaban J connectivity index is 2.85. The number of pyridine rings is 1. The first-order valence-electron chi connectivity index (χ1n) is 5.27. The van der Waals surface area contributed by atoms with Gasteiger partial charge in [-0.05, 0) is 24.1 Å². The molecule has 17 heavy (non-hydrogen) atoms. The fourth-order valence-electron chi connectivity index (χ4n) is 1.83. The SMILES string of the molecule is CCc1ccnc2c([N+](=O)[O-])cc(OC)cc12. The van der Waals surface area contributed by atoms with E-state index in [1.165, 1.54) is 13.2 Å². The second kappa shape index (κ2) is 4.37. The van der Waals surface area contributed by atoms with Crippen molar-refractivity contribution >= 4 is 16.6 Å². The van der Waals surface area contributed by atoms with Crippen LogP contribution in [0.5, 0.6) is 5.75 Å². The van der Waals surface area contributed by atoms with Crippen LogP contribution in [0.15, 0.2) is 24.4 Å². The van der Waals surface area contributed by atoms with Gasteiger partial charge in [0.1, 0.15) is 11.3 Å². The van der Waals surface area contributed by atoms with Crippen molar-refractivity contribution in [3.8, 4) is 5.75 Å². The molecule has 0 atom stereocenters. The van der Waals surface area contributed by atoms with E-state index in [4.69, 9.17) is 4.74 Å². The fraction of sp³-hybridized carbons (Fsp3) is 0.250. The predicted molar refractivity (Wildman–Crippen MR) is 64.3 cm³/mol. The average Bonchev–Trinajstić information content (AvgIpc) is 2.36. The molecule has 0 unspecified atom stereocenters. The Morgan fingerprint density at radius 2 is 2.24 bits per heavy atom. The van der Waals surface area contributed by atoms with Crippen LogP contribution in [0.4, 0.5) is 5.69 Å². The number of methoxy groups -OCH3 is 1. The van der Waals surface area contributed by atoms with Gasteiger partial charge in [0.05, 0.1) is 18.1 Å². The molecule has 2 aromatic rings. The third-order valence-corrected chi connectivity index (χ3v) is 2.70. The van der Waals surface area contributed by atoms with E-state index in [0.29, 0.717) is 11.3 Å². The number of nitro groups is 1. The summed E-state index contributed by atoms with van der Waals surface area (Å²) in [6, 6.07) is 5.05. The number of nitro benzene ring substituents is 1. The molecule has 2 rings (SSSR count). The molecular weight excluding hydrogens is 220 g/mol. The molecule has 0 aliphatic rings. The molecule has 1 aromatic heterocycles. The minimum atomic E-state index is -0.433. The lowest BCUT2D eigenvalue weighted by Crippen LogP contribution is -1.95. The lowest BCUT2D eigenvalue weighted by molar-refractivity contribution is -0.383. The number of non-ortho nitro benzene ring substituents is 1. The molecular formula is C12H12N2O3. The number of nitrogens with zero attached hydrogens (tertiary/aromatic N) is 2. The van der Waals surface area contributed by atoms with Crippen molar-refractivity contribution in [3.63, 3.8) is 0 Å². The Morgan fingerprint density at radius 1 is 1.47 bits per heavy atom. The molecule has 0 saturated heterocycles. The van der Waals surface area contributed by atoms with E-state index in [9.17, 15) is 10.1 Å². The highest BCUT2D eigenvalue weighted by Gasteiger charge is 2.16. The van der Waals surface area contributed by atoms with E-state index in [2.05, 4.69) is 4.98 Å². The fourth-order valence-corrected chi connectivity index (χ4v) is 1.83. The van der Waals surface area contributed by atoms with Crippen molar-refractivity contribution in [2.45, 2.75) is 13.3 Å². The van der Waals surface area contributed by atoms with Crippen molar-refractivity contribution in [2.24, 2.45) is 0 Å². The van der Waals surface area contributed by atoms with Crippen molar-refractivity contribution in [1.29, 1.82) is 0 Å². The number of ether oxygens (including phenoxy) is 1. The summed E-state index contributed by atoms with van der Waals surface area (Å²) in [5, 5.41) is 11.8. The molecule has 1 aromatic carbocycles. The largest absolute Gasteiger partial charge is 0.496 e. The van der Waals surface area contributed by atoms with Crippen LogP contribution in [0.2, 0.25) is 0 Å². The van der Waals surface area contributed by atoms with Gasteiger partial charge >= 0.3 is 0 Å². The van der Waals surface area contributed by atoms with Crippen LogP contribution in [0.25, 0.3) is 10.9 Å². The summed E-state index contributed by atoms with van der Waals surface area (Å²) in [7, 11) is 1.49. The Labute approximate surface area is 98.2 Å². The van der Waals surface area contributed by atoms with Gasteiger partial charge in [-0.2, -0.15) is 0 Å². The molecule has 5 heteroatoms. The van der Waals surface area contributed by atoms with Gasteiger partial charge in [-0.15, -0.1) is 0 Å². The van der Waals surface area contributed by atoms with Crippen molar-refractivity contribution in [3.05, 3.63) is 40.1 Å². The number of aryl methyl sites for hydroxylation is 1. The van der Waals surface area contributed by atoms with Gasteiger partial charge in [0, 0.05) is 11.6 Å². The predicted octanol–water partition coefficient (Wildman–Crippen LogP) is 2.71. The Morgan fingerprint density at radius 3 is 2.82 bits per heavy atom. The summed E-state index contributed by atoms with van der Waals surface area (Å²) in [5.74, 6) is 0.479. The minimum absolute atomic E-state index is 0.0188. The summed E-state index contributed by atoms with van der Waals surface area (Å²) in [5.41, 5.74) is 1.42. The van der Waals surface area contributed by atoms with Crippen LogP contribution >= 0.6 is 0 Å². The lowest BCUT2D eigenvalue weighted by atomic mass is 10.1. The molecule has 0 aliphatic carbocycles. The maximum Gasteiger partial charge on any atom is 0.299 e. The van der Waals surface area contributed by atoms with Crippen LogP contribution in [-0.2, 0) is 6.42 Å². The van der Waals surface area contributed by atoms with Gasteiger partial charge in [0.25, 0.3) is 5.69 Å². The number of hydrogen-bond acceptors (Lipinski definition) is 4. The van der Waals surface area contributed by atoms with Gasteiger partial charge < -0.3 is 4.74 Å². The van der Waals surface area contributed by atoms with Crippen LogP contribution in [0.1, 0.15) is 12.5 Å². The van der Waals surface area contributed by atoms with E-state index < -0.39 is 4.92 Å². The first-order valence-corrected chi connectivity index (χ1v) is 5.27. The zero-order valence-electron chi connectivity index (χ0n) is 9.64. The summed E-state index contributed by atoms with van der Waals surface area (Å²) in [4.78, 5) is 14.6. The molecule has 0 fully saturated rings. The number of rotatable bonds is 3. The van der Waals surface area contributed by atoms with E-state index in [1.54, 1.807) is 12.3 Å². The highest BCUT2D eigenvalue weighted by molar-refractivity contribution is 5.91. The van der Waals surface area contributed by atoms with Crippen molar-refractivity contribution in [2.75, 3.05) is 7.11 Å². The maximum absolute atomic E-state index is 11.0. The van der Waals surface area contributed by atoms with Gasteiger partial charge in [0.2, 0.25) is 0 Å². The van der Waals surface area contributed by atoms with E-state index in [1.807, 2.05) is 13.0 Å². The molecule has 0 amide bonds. The highest BCUT2D eigenvalue weighted by Crippen LogP contribution is 2.31. The molecule has 0 spiro atoms. The van der Waals surface area contributed by atoms with Crippen LogP contribution in [-0.4, -0.2) is 17.0 Å². The molecule has 0 bridgehead atoms. The quantitative estimate of drug-likeness (QED) is 0.602. The van der Waals surface area contributed by atoms with Gasteiger partial charge in [0.15, 0.2) is 0 Å². The second-order valence-corrected chi connectivity index (χ2v) is 3.62. The van der Waals surface area contributed by atoms with Crippen LogP contribution in [0, 0.1) is 10.1 Å². The third kappa shape index (κ3) is 1.91. The lowest BCUT2D eigenvalue weighted by Gasteiger charge is -2.06. The number of fused-ring (bicyclic) bond motifs is 1. The highest BCUT2D eigenvalue weighted by atomic mass is 16.6. The maximum atomic E-state index is 11.0. The average molecular weight is 232 g/mol. The normalized spacial score (nSPS) is 10.5. The van der Waals surface area contributed by atoms with Crippen LogP contribution in [0.3, 0.4) is 0 Å². The number of benzene rings is 1. The summed E-state index contributed by atoms with van der Waals surface area (Å²) < 4.78 is 5.08. The van der Waals surface area contributed by atoms with Gasteiger partial charge in [-0.1, -0.05) is 6.92 Å². The van der Waals surface area contributed by atoms with Gasteiger partial charge in [-0.3, -0.25) is 10.1 Å². The molecule has 5 nitrogen and oxygen atoms in total. The summed E-state index contributed by atoms with van der Waals surface area (Å²) in [6.07, 6.45) is 2.39. The Bertz CT molecular complexity index is 581. The van der Waals surface area contributed by atoms with Crippen molar-refractivity contribution < 1.29 is 9.66 Å². The molecule has 1 heterocycles. The second-order valence-electron chi connectivity index (χ2n) is 3.62. The van der Waals surface area contributed by atoms with E-state index >= 15 is 0 Å². The third-order valence-electron chi connectivity index (χ3n) is 2.70. The molecule has 0 saturated carbocycles. The summed E-state index contributed by atoms with van der Waals surface area (Å²) in [6.45, 7) is 2.00. The van der Waals surface area contributed by atoms with Gasteiger partial charge in [-0.25, -0.2) is 4.98 Å². The zero-order valence-corrected chi connectivity index (χ0v) is 9.64. The first-order chi connectivity index (χ1) is 8.17. The first kappa shape index (κ1) is 11.3. The van der Waals surface area contributed by atoms with E-state index in [0.717, 1.165) is 17.4 Å². The standard InChI is InChI=1S/C12H12N2O3/c1-3-8-4-5-13-12-10(8)6-9(17-2)7-11(12)14(15)16/h4-7H,3H2,1-2H3.